The average Bonchev–Trinajstić information content (AvgIpc) is 3.36. The predicted molar refractivity (Wildman–Crippen MR) is 162 cm³/mol. The first-order chi connectivity index (χ1) is 18.4. The third kappa shape index (κ3) is 5.64. The van der Waals surface area contributed by atoms with Crippen LogP contribution in [0.4, 0.5) is 5.00 Å². The Hall–Kier alpha value is -2.34. The van der Waals surface area contributed by atoms with Crippen LogP contribution in [0.1, 0.15) is 46.5 Å². The van der Waals surface area contributed by atoms with Crippen LogP contribution in [0.25, 0.3) is 20.8 Å². The highest BCUT2D eigenvalue weighted by atomic mass is 35.5. The molecule has 0 bridgehead atoms. The van der Waals surface area contributed by atoms with E-state index in [4.69, 9.17) is 4.98 Å². The van der Waals surface area contributed by atoms with E-state index in [0.29, 0.717) is 18.7 Å². The lowest BCUT2D eigenvalue weighted by Crippen LogP contribution is -2.31. The molecule has 4 heterocycles. The number of thiazole rings is 1. The highest BCUT2D eigenvalue weighted by Gasteiger charge is 2.28. The van der Waals surface area contributed by atoms with Gasteiger partial charge in [0.1, 0.15) is 10.0 Å². The number of likely N-dealkylation sites (N-methyl/N-ethyl adjacent to an activating group) is 1. The number of anilines is 1. The van der Waals surface area contributed by atoms with Gasteiger partial charge in [-0.05, 0) is 68.3 Å². The van der Waals surface area contributed by atoms with Crippen molar-refractivity contribution >= 4 is 66.2 Å². The van der Waals surface area contributed by atoms with Crippen LogP contribution in [0.2, 0.25) is 0 Å². The number of para-hydroxylation sites is 1. The van der Waals surface area contributed by atoms with E-state index in [-0.39, 0.29) is 23.2 Å². The zero-order valence-corrected chi connectivity index (χ0v) is 24.9. The van der Waals surface area contributed by atoms with Crippen LogP contribution in [-0.2, 0) is 23.0 Å². The summed E-state index contributed by atoms with van der Waals surface area (Å²) < 4.78 is 29.0. The number of nitrogens with one attached hydrogen (secondary N) is 1. The van der Waals surface area contributed by atoms with Gasteiger partial charge in [-0.25, -0.2) is 13.4 Å². The number of nitrogens with zero attached hydrogens (tertiary/aromatic N) is 3. The highest BCUT2D eigenvalue weighted by molar-refractivity contribution is 7.89. The number of carbonyl (C=O) groups is 1. The molecule has 1 saturated heterocycles. The zero-order valence-electron chi connectivity index (χ0n) is 21.7. The van der Waals surface area contributed by atoms with Crippen LogP contribution in [0, 0.1) is 0 Å². The molecule has 2 aliphatic heterocycles. The number of hydrogen-bond donors (Lipinski definition) is 1. The normalized spacial score (nSPS) is 16.8. The van der Waals surface area contributed by atoms with Crippen molar-refractivity contribution < 1.29 is 13.2 Å². The van der Waals surface area contributed by atoms with E-state index in [1.165, 1.54) is 10.4 Å². The van der Waals surface area contributed by atoms with Crippen molar-refractivity contribution in [2.45, 2.75) is 43.5 Å². The molecule has 0 atom stereocenters. The largest absolute Gasteiger partial charge is 0.313 e. The zero-order chi connectivity index (χ0) is 26.3. The van der Waals surface area contributed by atoms with Crippen molar-refractivity contribution in [2.24, 2.45) is 0 Å². The number of sulfonamides is 1. The molecule has 39 heavy (non-hydrogen) atoms. The minimum absolute atomic E-state index is 0. The van der Waals surface area contributed by atoms with Crippen molar-refractivity contribution in [3.05, 3.63) is 64.5 Å². The maximum absolute atomic E-state index is 13.4. The maximum atomic E-state index is 13.4. The molecule has 0 unspecified atom stereocenters. The number of benzene rings is 2. The van der Waals surface area contributed by atoms with E-state index >= 15 is 0 Å². The molecule has 0 aliphatic carbocycles. The molecule has 1 amide bonds. The molecule has 0 saturated carbocycles. The Balaban J connectivity index is 0.00000308. The summed E-state index contributed by atoms with van der Waals surface area (Å²) in [5.74, 6) is -0.252. The van der Waals surface area contributed by atoms with E-state index in [9.17, 15) is 13.2 Å². The fraction of sp³-hybridized carbons (Fsp3) is 0.357. The summed E-state index contributed by atoms with van der Waals surface area (Å²) in [7, 11) is -1.45. The molecule has 1 N–H and O–H groups in total. The Labute approximate surface area is 243 Å². The maximum Gasteiger partial charge on any atom is 0.256 e. The summed E-state index contributed by atoms with van der Waals surface area (Å²) in [5, 5.41) is 4.86. The fourth-order valence-electron chi connectivity index (χ4n) is 5.21. The molecule has 6 rings (SSSR count). The van der Waals surface area contributed by atoms with Crippen molar-refractivity contribution in [3.63, 3.8) is 0 Å². The van der Waals surface area contributed by atoms with E-state index in [2.05, 4.69) is 23.3 Å². The van der Waals surface area contributed by atoms with Crippen molar-refractivity contribution in [1.82, 2.24) is 14.2 Å². The Kier molecular flexibility index (Phi) is 8.42. The first kappa shape index (κ1) is 28.2. The molecule has 2 aromatic heterocycles. The summed E-state index contributed by atoms with van der Waals surface area (Å²) in [5.41, 5.74) is 3.67. The van der Waals surface area contributed by atoms with Crippen LogP contribution < -0.4 is 5.32 Å². The summed E-state index contributed by atoms with van der Waals surface area (Å²) in [6.45, 7) is 2.91. The molecule has 0 radical (unpaired) electrons. The van der Waals surface area contributed by atoms with Gasteiger partial charge in [-0.2, -0.15) is 4.31 Å². The lowest BCUT2D eigenvalue weighted by Gasteiger charge is -2.22. The minimum atomic E-state index is -3.56. The summed E-state index contributed by atoms with van der Waals surface area (Å²) in [6.07, 6.45) is 4.81. The third-order valence-corrected chi connectivity index (χ3v) is 11.4. The molecule has 1 fully saturated rings. The van der Waals surface area contributed by atoms with Gasteiger partial charge < -0.3 is 10.2 Å². The van der Waals surface area contributed by atoms with Crippen LogP contribution in [0.5, 0.6) is 0 Å². The monoisotopic (exact) mass is 602 g/mol. The minimum Gasteiger partial charge on any atom is -0.313 e. The van der Waals surface area contributed by atoms with Crippen LogP contribution in [-0.4, -0.2) is 55.2 Å². The topological polar surface area (TPSA) is 82.6 Å². The molecule has 11 heteroatoms. The van der Waals surface area contributed by atoms with Crippen molar-refractivity contribution in [1.29, 1.82) is 0 Å². The predicted octanol–water partition coefficient (Wildman–Crippen LogP) is 6.25. The second-order valence-electron chi connectivity index (χ2n) is 9.98. The van der Waals surface area contributed by atoms with Gasteiger partial charge in [0, 0.05) is 42.2 Å². The number of aromatic nitrogens is 1. The van der Waals surface area contributed by atoms with Gasteiger partial charge in [-0.1, -0.05) is 25.0 Å². The summed E-state index contributed by atoms with van der Waals surface area (Å²) >= 11 is 3.26. The number of rotatable bonds is 5. The third-order valence-electron chi connectivity index (χ3n) is 7.30. The second kappa shape index (κ2) is 11.6. The Bertz CT molecular complexity index is 1560. The second-order valence-corrected chi connectivity index (χ2v) is 14.1. The molecular formula is C28H31ClN4O3S3. The van der Waals surface area contributed by atoms with Gasteiger partial charge in [-0.3, -0.25) is 4.79 Å². The van der Waals surface area contributed by atoms with Crippen molar-refractivity contribution in [3.8, 4) is 10.6 Å². The van der Waals surface area contributed by atoms with Gasteiger partial charge in [0.15, 0.2) is 0 Å². The van der Waals surface area contributed by atoms with Gasteiger partial charge in [0.2, 0.25) is 10.0 Å². The molecular weight excluding hydrogens is 572 g/mol. The standard InChI is InChI=1S/C28H30N4O3S3.ClH/c1-31-17-14-21-24(18-31)37-28(25(21)27-29-22-8-4-5-9-23(22)36-27)30-26(33)19-10-12-20(13-11-19)38(34,35)32-15-6-2-3-7-16-32;/h4-5,8-13H,2-3,6-7,14-18H2,1H3,(H,30,33);1H. The van der Waals surface area contributed by atoms with Crippen molar-refractivity contribution in [2.75, 3.05) is 32.0 Å². The van der Waals surface area contributed by atoms with E-state index in [0.717, 1.165) is 71.0 Å². The fourth-order valence-corrected chi connectivity index (χ4v) is 9.16. The van der Waals surface area contributed by atoms with E-state index in [1.807, 2.05) is 18.2 Å². The van der Waals surface area contributed by atoms with E-state index in [1.54, 1.807) is 51.2 Å². The Morgan fingerprint density at radius 2 is 1.67 bits per heavy atom. The number of fused-ring (bicyclic) bond motifs is 2. The van der Waals surface area contributed by atoms with Gasteiger partial charge in [0.25, 0.3) is 5.91 Å². The Morgan fingerprint density at radius 3 is 2.38 bits per heavy atom. The molecule has 2 aliphatic rings. The number of thiophene rings is 1. The molecule has 7 nitrogen and oxygen atoms in total. The summed E-state index contributed by atoms with van der Waals surface area (Å²) in [4.78, 5) is 22.0. The van der Waals surface area contributed by atoms with Gasteiger partial charge >= 0.3 is 0 Å². The van der Waals surface area contributed by atoms with Gasteiger partial charge in [0.05, 0.1) is 15.1 Å². The quantitative estimate of drug-likeness (QED) is 0.292. The van der Waals surface area contributed by atoms with Crippen LogP contribution in [0.3, 0.4) is 0 Å². The lowest BCUT2D eigenvalue weighted by atomic mass is 10.0. The smallest absolute Gasteiger partial charge is 0.256 e. The molecule has 2 aromatic carbocycles. The number of halogens is 1. The lowest BCUT2D eigenvalue weighted by molar-refractivity contribution is 0.102. The molecule has 0 spiro atoms. The molecule has 206 valence electrons. The average molecular weight is 603 g/mol. The van der Waals surface area contributed by atoms with Crippen LogP contribution >= 0.6 is 35.1 Å². The molecule has 4 aromatic rings. The number of amides is 1. The van der Waals surface area contributed by atoms with Gasteiger partial charge in [-0.15, -0.1) is 35.1 Å². The van der Waals surface area contributed by atoms with E-state index < -0.39 is 10.0 Å². The first-order valence-electron chi connectivity index (χ1n) is 13.0. The number of carbonyl (C=O) groups excluding carboxylic acids is 1. The highest BCUT2D eigenvalue weighted by Crippen LogP contribution is 2.45. The Morgan fingerprint density at radius 1 is 0.949 bits per heavy atom. The first-order valence-corrected chi connectivity index (χ1v) is 16.1. The number of hydrogen-bond acceptors (Lipinski definition) is 7. The SMILES string of the molecule is CN1CCc2c(sc(NC(=O)c3ccc(S(=O)(=O)N4CCCCCC4)cc3)c2-c2nc3ccccc3s2)C1.Cl. The van der Waals surface area contributed by atoms with Crippen LogP contribution in [0.15, 0.2) is 53.4 Å². The summed E-state index contributed by atoms with van der Waals surface area (Å²) in [6, 6.07) is 14.4.